The molecule has 1 N–H and O–H groups in total. The van der Waals surface area contributed by atoms with Crippen LogP contribution in [0.4, 0.5) is 0 Å². The van der Waals surface area contributed by atoms with Crippen LogP contribution >= 0.6 is 12.4 Å². The monoisotopic (exact) mass is 254 g/mol. The molecule has 4 heteroatoms. The van der Waals surface area contributed by atoms with Gasteiger partial charge in [-0.25, -0.2) is 4.98 Å². The number of hydrogen-bond donors (Lipinski definition) is 1. The van der Waals surface area contributed by atoms with Crippen LogP contribution in [0, 0.1) is 5.41 Å². The van der Waals surface area contributed by atoms with Gasteiger partial charge in [-0.15, -0.1) is 12.4 Å². The first kappa shape index (κ1) is 12.7. The summed E-state index contributed by atoms with van der Waals surface area (Å²) in [5, 5.41) is 3.42. The largest absolute Gasteiger partial charge is 0.474 e. The molecule has 0 radical (unpaired) electrons. The number of hydrogen-bond acceptors (Lipinski definition) is 3. The zero-order chi connectivity index (χ0) is 10.8. The molecule has 0 bridgehead atoms. The minimum Gasteiger partial charge on any atom is -0.474 e. The number of rotatable bonds is 2. The van der Waals surface area contributed by atoms with Gasteiger partial charge in [-0.05, 0) is 50.3 Å². The van der Waals surface area contributed by atoms with E-state index in [-0.39, 0.29) is 12.4 Å². The van der Waals surface area contributed by atoms with Crippen molar-refractivity contribution in [3.63, 3.8) is 0 Å². The molecule has 0 aromatic carbocycles. The van der Waals surface area contributed by atoms with Crippen molar-refractivity contribution in [1.29, 1.82) is 0 Å². The fourth-order valence-corrected chi connectivity index (χ4v) is 2.94. The van der Waals surface area contributed by atoms with Crippen molar-refractivity contribution in [3.05, 3.63) is 24.4 Å². The van der Waals surface area contributed by atoms with Gasteiger partial charge in [0.15, 0.2) is 0 Å². The number of nitrogens with one attached hydrogen (secondary N) is 1. The predicted octanol–water partition coefficient (Wildman–Crippen LogP) is 2.41. The Labute approximate surface area is 108 Å². The molecule has 1 aliphatic heterocycles. The Balaban J connectivity index is 0.00000108. The van der Waals surface area contributed by atoms with Crippen LogP contribution in [-0.2, 0) is 0 Å². The summed E-state index contributed by atoms with van der Waals surface area (Å²) < 4.78 is 5.85. The summed E-state index contributed by atoms with van der Waals surface area (Å²) >= 11 is 0. The normalized spacial score (nSPS) is 22.6. The van der Waals surface area contributed by atoms with E-state index < -0.39 is 0 Å². The van der Waals surface area contributed by atoms with Gasteiger partial charge < -0.3 is 10.1 Å². The van der Waals surface area contributed by atoms with Gasteiger partial charge in [0.2, 0.25) is 5.88 Å². The Kier molecular flexibility index (Phi) is 3.89. The molecule has 17 heavy (non-hydrogen) atoms. The summed E-state index contributed by atoms with van der Waals surface area (Å²) in [6.45, 7) is 2.35. The molecule has 1 aromatic heterocycles. The van der Waals surface area contributed by atoms with Gasteiger partial charge in [0.25, 0.3) is 0 Å². The van der Waals surface area contributed by atoms with Crippen LogP contribution in [0.3, 0.4) is 0 Å². The van der Waals surface area contributed by atoms with Gasteiger partial charge in [0.1, 0.15) is 6.10 Å². The van der Waals surface area contributed by atoms with Crippen molar-refractivity contribution in [2.75, 3.05) is 13.1 Å². The Morgan fingerprint density at radius 3 is 2.65 bits per heavy atom. The molecule has 1 aromatic rings. The fraction of sp³-hybridized carbons (Fsp3) is 0.615. The minimum absolute atomic E-state index is 0. The van der Waals surface area contributed by atoms with E-state index in [9.17, 15) is 0 Å². The number of halogens is 1. The number of piperidine rings is 1. The van der Waals surface area contributed by atoms with Crippen molar-refractivity contribution in [2.45, 2.75) is 31.8 Å². The number of nitrogens with zero attached hydrogens (tertiary/aromatic N) is 1. The zero-order valence-corrected chi connectivity index (χ0v) is 10.7. The quantitative estimate of drug-likeness (QED) is 0.880. The second-order valence-corrected chi connectivity index (χ2v) is 5.07. The van der Waals surface area contributed by atoms with E-state index in [1.807, 2.05) is 18.2 Å². The van der Waals surface area contributed by atoms with Crippen LogP contribution < -0.4 is 10.1 Å². The van der Waals surface area contributed by atoms with E-state index in [0.717, 1.165) is 5.88 Å². The molecule has 1 spiro atoms. The average Bonchev–Trinajstić information content (AvgIpc) is 2.30. The molecule has 0 unspecified atom stereocenters. The summed E-state index contributed by atoms with van der Waals surface area (Å²) in [6.07, 6.45) is 7.24. The van der Waals surface area contributed by atoms with Crippen molar-refractivity contribution in [1.82, 2.24) is 10.3 Å². The van der Waals surface area contributed by atoms with Gasteiger partial charge in [0, 0.05) is 12.3 Å². The first-order valence-corrected chi connectivity index (χ1v) is 6.15. The molecule has 0 atom stereocenters. The molecule has 2 heterocycles. The van der Waals surface area contributed by atoms with Gasteiger partial charge in [0.05, 0.1) is 0 Å². The lowest BCUT2D eigenvalue weighted by atomic mass is 9.62. The standard InChI is InChI=1S/C13H18N2O.ClH/c1-2-6-15-12(3-1)16-11-9-13(10-11)4-7-14-8-5-13;/h1-3,6,11,14H,4-5,7-10H2;1H. The van der Waals surface area contributed by atoms with E-state index in [0.29, 0.717) is 11.5 Å². The Hall–Kier alpha value is -0.800. The van der Waals surface area contributed by atoms with Crippen molar-refractivity contribution in [3.8, 4) is 5.88 Å². The smallest absolute Gasteiger partial charge is 0.213 e. The average molecular weight is 255 g/mol. The maximum absolute atomic E-state index is 5.85. The van der Waals surface area contributed by atoms with Gasteiger partial charge in [-0.1, -0.05) is 6.07 Å². The third-order valence-electron chi connectivity index (χ3n) is 3.91. The number of pyridine rings is 1. The van der Waals surface area contributed by atoms with Crippen molar-refractivity contribution >= 4 is 12.4 Å². The highest BCUT2D eigenvalue weighted by molar-refractivity contribution is 5.85. The van der Waals surface area contributed by atoms with E-state index in [4.69, 9.17) is 4.74 Å². The zero-order valence-electron chi connectivity index (χ0n) is 9.89. The lowest BCUT2D eigenvalue weighted by molar-refractivity contribution is -0.0367. The van der Waals surface area contributed by atoms with Crippen LogP contribution in [0.1, 0.15) is 25.7 Å². The highest BCUT2D eigenvalue weighted by Crippen LogP contribution is 2.48. The number of aromatic nitrogens is 1. The highest BCUT2D eigenvalue weighted by Gasteiger charge is 2.45. The van der Waals surface area contributed by atoms with Crippen molar-refractivity contribution in [2.24, 2.45) is 5.41 Å². The fourth-order valence-electron chi connectivity index (χ4n) is 2.94. The lowest BCUT2D eigenvalue weighted by Crippen LogP contribution is -2.49. The summed E-state index contributed by atoms with van der Waals surface area (Å²) in [7, 11) is 0. The van der Waals surface area contributed by atoms with E-state index in [1.54, 1.807) is 6.20 Å². The Bertz CT molecular complexity index is 344. The lowest BCUT2D eigenvalue weighted by Gasteiger charge is -2.49. The van der Waals surface area contributed by atoms with Crippen LogP contribution in [0.5, 0.6) is 5.88 Å². The molecule has 1 saturated carbocycles. The summed E-state index contributed by atoms with van der Waals surface area (Å²) in [4.78, 5) is 4.20. The molecule has 1 aliphatic carbocycles. The van der Waals surface area contributed by atoms with Gasteiger partial charge in [-0.2, -0.15) is 0 Å². The summed E-state index contributed by atoms with van der Waals surface area (Å²) in [5.41, 5.74) is 0.588. The second kappa shape index (κ2) is 5.23. The molecule has 2 fully saturated rings. The van der Waals surface area contributed by atoms with E-state index >= 15 is 0 Å². The third-order valence-corrected chi connectivity index (χ3v) is 3.91. The summed E-state index contributed by atoms with van der Waals surface area (Å²) in [6, 6.07) is 5.83. The maximum Gasteiger partial charge on any atom is 0.213 e. The van der Waals surface area contributed by atoms with Crippen LogP contribution in [0.15, 0.2) is 24.4 Å². The van der Waals surface area contributed by atoms with E-state index in [1.165, 1.54) is 38.8 Å². The van der Waals surface area contributed by atoms with E-state index in [2.05, 4.69) is 10.3 Å². The van der Waals surface area contributed by atoms with Crippen molar-refractivity contribution < 1.29 is 4.74 Å². The predicted molar refractivity (Wildman–Crippen MR) is 69.7 cm³/mol. The topological polar surface area (TPSA) is 34.1 Å². The van der Waals surface area contributed by atoms with Gasteiger partial charge in [-0.3, -0.25) is 0 Å². The SMILES string of the molecule is Cl.c1ccc(OC2CC3(CCNCC3)C2)nc1. The molecular formula is C13H19ClN2O. The Morgan fingerprint density at radius 2 is 2.00 bits per heavy atom. The number of ether oxygens (including phenoxy) is 1. The highest BCUT2D eigenvalue weighted by atomic mass is 35.5. The summed E-state index contributed by atoms with van der Waals surface area (Å²) in [5.74, 6) is 0.774. The van der Waals surface area contributed by atoms with Gasteiger partial charge >= 0.3 is 0 Å². The van der Waals surface area contributed by atoms with Crippen LogP contribution in [0.2, 0.25) is 0 Å². The molecule has 1 saturated heterocycles. The van der Waals surface area contributed by atoms with Crippen LogP contribution in [0.25, 0.3) is 0 Å². The Morgan fingerprint density at radius 1 is 1.24 bits per heavy atom. The maximum atomic E-state index is 5.85. The molecular weight excluding hydrogens is 236 g/mol. The second-order valence-electron chi connectivity index (χ2n) is 5.07. The molecule has 94 valence electrons. The first-order valence-electron chi connectivity index (χ1n) is 6.15. The molecule has 3 nitrogen and oxygen atoms in total. The third kappa shape index (κ3) is 2.72. The molecule has 0 amide bonds. The molecule has 2 aliphatic rings. The van der Waals surface area contributed by atoms with Crippen LogP contribution in [-0.4, -0.2) is 24.2 Å². The molecule has 3 rings (SSSR count). The minimum atomic E-state index is 0. The first-order chi connectivity index (χ1) is 7.86.